The van der Waals surface area contributed by atoms with Crippen molar-refractivity contribution in [2.24, 2.45) is 11.8 Å². The van der Waals surface area contributed by atoms with Gasteiger partial charge in [0.05, 0.1) is 19.5 Å². The molecule has 1 aliphatic rings. The van der Waals surface area contributed by atoms with E-state index in [0.29, 0.717) is 12.1 Å². The van der Waals surface area contributed by atoms with E-state index >= 15 is 0 Å². The fourth-order valence-electron chi connectivity index (χ4n) is 2.85. The van der Waals surface area contributed by atoms with Crippen molar-refractivity contribution >= 4 is 25.3 Å². The highest BCUT2D eigenvalue weighted by molar-refractivity contribution is 6.21. The zero-order valence-electron chi connectivity index (χ0n) is 15.0. The third-order valence-corrected chi connectivity index (χ3v) is 5.44. The molecule has 4 heteroatoms. The average Bonchev–Trinajstić information content (AvgIpc) is 2.73. The number of imide groups is 1. The minimum atomic E-state index is -0.378. The van der Waals surface area contributed by atoms with Crippen LogP contribution in [0.5, 0.6) is 0 Å². The Hall–Kier alpha value is -1.58. The molecular weight excluding hydrogens is 285 g/mol. The summed E-state index contributed by atoms with van der Waals surface area (Å²) >= 11 is 0. The first kappa shape index (κ1) is 17.8. The summed E-state index contributed by atoms with van der Waals surface area (Å²) in [5, 5.41) is -0.378. The first-order valence-electron chi connectivity index (χ1n) is 8.23. The van der Waals surface area contributed by atoms with Gasteiger partial charge in [-0.05, 0) is 29.0 Å². The molecule has 1 heterocycles. The number of amides is 2. The Bertz CT molecular complexity index is 611. The van der Waals surface area contributed by atoms with E-state index < -0.39 is 0 Å². The maximum absolute atomic E-state index is 12.5. The van der Waals surface area contributed by atoms with E-state index in [4.69, 9.17) is 7.85 Å². The maximum Gasteiger partial charge on any atom is 0.237 e. The van der Waals surface area contributed by atoms with Crippen molar-refractivity contribution in [2.75, 3.05) is 4.90 Å². The van der Waals surface area contributed by atoms with Crippen LogP contribution in [0.15, 0.2) is 24.3 Å². The van der Waals surface area contributed by atoms with Crippen LogP contribution >= 0.6 is 0 Å². The Morgan fingerprint density at radius 2 is 1.61 bits per heavy atom. The number of carbonyl (C=O) groups is 2. The third-order valence-electron chi connectivity index (χ3n) is 5.44. The SMILES string of the molecule is [B]C(C)(C)C(C)(C)c1ccc(N2C(=O)CC(C(C)C)C2=O)cc1. The molecule has 1 aliphatic heterocycles. The van der Waals surface area contributed by atoms with Crippen molar-refractivity contribution in [1.29, 1.82) is 0 Å². The zero-order chi connectivity index (χ0) is 17.6. The molecule has 1 saturated heterocycles. The second kappa shape index (κ2) is 5.81. The summed E-state index contributed by atoms with van der Waals surface area (Å²) in [4.78, 5) is 26.0. The van der Waals surface area contributed by atoms with E-state index in [0.717, 1.165) is 5.56 Å². The molecule has 0 bridgehead atoms. The molecule has 0 aliphatic carbocycles. The first-order valence-corrected chi connectivity index (χ1v) is 8.23. The molecule has 1 aromatic rings. The van der Waals surface area contributed by atoms with Gasteiger partial charge in [-0.3, -0.25) is 14.5 Å². The summed E-state index contributed by atoms with van der Waals surface area (Å²) in [6, 6.07) is 7.63. The van der Waals surface area contributed by atoms with Crippen molar-refractivity contribution in [2.45, 2.75) is 58.7 Å². The lowest BCUT2D eigenvalue weighted by Crippen LogP contribution is -2.32. The summed E-state index contributed by atoms with van der Waals surface area (Å²) in [5.74, 6) is -0.231. The van der Waals surface area contributed by atoms with Gasteiger partial charge in [-0.2, -0.15) is 0 Å². The number of hydrogen-bond acceptors (Lipinski definition) is 2. The number of rotatable bonds is 4. The minimum absolute atomic E-state index is 0.0869. The van der Waals surface area contributed by atoms with Crippen LogP contribution in [0.4, 0.5) is 5.69 Å². The van der Waals surface area contributed by atoms with Gasteiger partial charge in [0.25, 0.3) is 0 Å². The van der Waals surface area contributed by atoms with Gasteiger partial charge in [0.15, 0.2) is 0 Å². The van der Waals surface area contributed by atoms with E-state index in [-0.39, 0.29) is 34.4 Å². The Labute approximate surface area is 140 Å². The van der Waals surface area contributed by atoms with Gasteiger partial charge in [0, 0.05) is 6.42 Å². The zero-order valence-corrected chi connectivity index (χ0v) is 15.0. The molecule has 122 valence electrons. The molecule has 1 atom stereocenters. The molecular formula is C19H26BNO2. The quantitative estimate of drug-likeness (QED) is 0.625. The summed E-state index contributed by atoms with van der Waals surface area (Å²) in [7, 11) is 6.28. The summed E-state index contributed by atoms with van der Waals surface area (Å²) < 4.78 is 0. The third kappa shape index (κ3) is 3.08. The molecule has 0 spiro atoms. The monoisotopic (exact) mass is 311 g/mol. The van der Waals surface area contributed by atoms with E-state index in [1.165, 1.54) is 4.90 Å². The fraction of sp³-hybridized carbons (Fsp3) is 0.579. The molecule has 1 fully saturated rings. The van der Waals surface area contributed by atoms with Crippen molar-refractivity contribution < 1.29 is 9.59 Å². The number of nitrogens with zero attached hydrogens (tertiary/aromatic N) is 1. The van der Waals surface area contributed by atoms with E-state index in [9.17, 15) is 9.59 Å². The lowest BCUT2D eigenvalue weighted by molar-refractivity contribution is -0.122. The highest BCUT2D eigenvalue weighted by atomic mass is 16.2. The summed E-state index contributed by atoms with van der Waals surface area (Å²) in [6.45, 7) is 12.2. The van der Waals surface area contributed by atoms with Crippen LogP contribution in [0, 0.1) is 11.8 Å². The predicted octanol–water partition coefficient (Wildman–Crippen LogP) is 3.87. The van der Waals surface area contributed by atoms with Gasteiger partial charge < -0.3 is 0 Å². The predicted molar refractivity (Wildman–Crippen MR) is 94.7 cm³/mol. The van der Waals surface area contributed by atoms with E-state index in [2.05, 4.69) is 13.8 Å². The van der Waals surface area contributed by atoms with Crippen molar-refractivity contribution in [1.82, 2.24) is 0 Å². The second-order valence-electron chi connectivity index (χ2n) is 8.02. The van der Waals surface area contributed by atoms with Crippen LogP contribution in [0.2, 0.25) is 5.31 Å². The van der Waals surface area contributed by atoms with Crippen LogP contribution in [-0.2, 0) is 15.0 Å². The summed E-state index contributed by atoms with van der Waals surface area (Å²) in [6.07, 6.45) is 0.305. The molecule has 3 nitrogen and oxygen atoms in total. The fourth-order valence-corrected chi connectivity index (χ4v) is 2.85. The normalized spacial score (nSPS) is 19.8. The van der Waals surface area contributed by atoms with Crippen LogP contribution in [0.25, 0.3) is 0 Å². The summed E-state index contributed by atoms with van der Waals surface area (Å²) in [5.41, 5.74) is 1.52. The molecule has 0 aromatic heterocycles. The average molecular weight is 311 g/mol. The highest BCUT2D eigenvalue weighted by Crippen LogP contribution is 2.44. The van der Waals surface area contributed by atoms with Gasteiger partial charge in [0.1, 0.15) is 0 Å². The minimum Gasteiger partial charge on any atom is -0.274 e. The van der Waals surface area contributed by atoms with Gasteiger partial charge in [-0.25, -0.2) is 0 Å². The van der Waals surface area contributed by atoms with Crippen LogP contribution in [0.3, 0.4) is 0 Å². The van der Waals surface area contributed by atoms with Gasteiger partial charge in [-0.1, -0.05) is 59.0 Å². The van der Waals surface area contributed by atoms with Crippen molar-refractivity contribution in [3.8, 4) is 0 Å². The maximum atomic E-state index is 12.5. The topological polar surface area (TPSA) is 37.4 Å². The molecule has 2 amide bonds. The Morgan fingerprint density at radius 1 is 1.09 bits per heavy atom. The van der Waals surface area contributed by atoms with Gasteiger partial charge >= 0.3 is 0 Å². The molecule has 23 heavy (non-hydrogen) atoms. The molecule has 1 aromatic carbocycles. The number of benzene rings is 1. The largest absolute Gasteiger partial charge is 0.274 e. The lowest BCUT2D eigenvalue weighted by Gasteiger charge is -2.40. The molecule has 1 unspecified atom stereocenters. The molecule has 0 N–H and O–H groups in total. The van der Waals surface area contributed by atoms with Crippen molar-refractivity contribution in [3.63, 3.8) is 0 Å². The van der Waals surface area contributed by atoms with E-state index in [1.54, 1.807) is 0 Å². The number of hydrogen-bond donors (Lipinski definition) is 0. The molecule has 2 radical (unpaired) electrons. The molecule has 2 rings (SSSR count). The molecule has 0 saturated carbocycles. The Kier molecular flexibility index (Phi) is 4.49. The van der Waals surface area contributed by atoms with Crippen LogP contribution < -0.4 is 4.90 Å². The second-order valence-corrected chi connectivity index (χ2v) is 8.02. The number of anilines is 1. The smallest absolute Gasteiger partial charge is 0.237 e. The van der Waals surface area contributed by atoms with Crippen LogP contribution in [-0.4, -0.2) is 19.7 Å². The standard InChI is InChI=1S/C19H26BNO2/c1-12(2)15-11-16(22)21(17(15)23)14-9-7-13(8-10-14)18(3,4)19(5,6)20/h7-10,12,15H,11H2,1-6H3. The van der Waals surface area contributed by atoms with Crippen molar-refractivity contribution in [3.05, 3.63) is 29.8 Å². The van der Waals surface area contributed by atoms with Crippen LogP contribution in [0.1, 0.15) is 53.5 Å². The number of carbonyl (C=O) groups excluding carboxylic acids is 2. The Morgan fingerprint density at radius 3 is 2.00 bits per heavy atom. The Balaban J connectivity index is 2.31. The van der Waals surface area contributed by atoms with Gasteiger partial charge in [-0.15, -0.1) is 0 Å². The van der Waals surface area contributed by atoms with Gasteiger partial charge in [0.2, 0.25) is 11.8 Å². The van der Waals surface area contributed by atoms with E-state index in [1.807, 2.05) is 52.0 Å². The lowest BCUT2D eigenvalue weighted by atomic mass is 9.54. The highest BCUT2D eigenvalue weighted by Gasteiger charge is 2.41. The first-order chi connectivity index (χ1) is 10.5.